The number of nitrogen functional groups attached to an aromatic ring is 2. The third kappa shape index (κ3) is 2.12. The van der Waals surface area contributed by atoms with E-state index in [2.05, 4.69) is 11.1 Å². The van der Waals surface area contributed by atoms with Crippen molar-refractivity contribution in [2.24, 2.45) is 0 Å². The number of hydrogen-bond donors (Lipinski definition) is 2. The van der Waals surface area contributed by atoms with Crippen LogP contribution in [0.4, 0.5) is 15.8 Å². The second kappa shape index (κ2) is 4.79. The Balaban J connectivity index is 2.05. The minimum Gasteiger partial charge on any atom is -0.389 e. The van der Waals surface area contributed by atoms with Crippen LogP contribution >= 0.6 is 11.3 Å². The predicted octanol–water partition coefficient (Wildman–Crippen LogP) is 2.27. The molecule has 0 radical (unpaired) electrons. The summed E-state index contributed by atoms with van der Waals surface area (Å²) in [6, 6.07) is 5.99. The summed E-state index contributed by atoms with van der Waals surface area (Å²) in [6.07, 6.45) is 1.94. The van der Waals surface area contributed by atoms with Crippen molar-refractivity contribution >= 4 is 33.1 Å². The average Bonchev–Trinajstić information content (AvgIpc) is 2.76. The summed E-state index contributed by atoms with van der Waals surface area (Å²) in [5.41, 5.74) is 15.5. The van der Waals surface area contributed by atoms with Crippen LogP contribution in [-0.4, -0.2) is 17.4 Å². The number of nitrogens with two attached hydrogens (primary N) is 2. The van der Waals surface area contributed by atoms with Gasteiger partial charge in [0, 0.05) is 24.7 Å². The number of rotatable bonds is 1. The van der Waals surface area contributed by atoms with Crippen LogP contribution in [0.25, 0.3) is 11.3 Å². The predicted molar refractivity (Wildman–Crippen MR) is 82.7 cm³/mol. The number of anilines is 3. The van der Waals surface area contributed by atoms with E-state index in [1.165, 1.54) is 11.3 Å². The molecule has 1 aliphatic heterocycles. The third-order valence-electron chi connectivity index (χ3n) is 3.52. The van der Waals surface area contributed by atoms with Gasteiger partial charge in [0.15, 0.2) is 5.13 Å². The van der Waals surface area contributed by atoms with Gasteiger partial charge in [-0.15, -0.1) is 0 Å². The Hall–Kier alpha value is -2.08. The van der Waals surface area contributed by atoms with E-state index in [4.69, 9.17) is 11.5 Å². The molecule has 104 valence electrons. The molecule has 4 N–H and O–H groups in total. The number of carbonyl (C=O) groups is 1. The summed E-state index contributed by atoms with van der Waals surface area (Å²) >= 11 is 1.29. The van der Waals surface area contributed by atoms with Gasteiger partial charge in [0.2, 0.25) is 5.91 Å². The molecule has 2 heterocycles. The lowest BCUT2D eigenvalue weighted by Gasteiger charge is -2.28. The summed E-state index contributed by atoms with van der Waals surface area (Å²) in [6.45, 7) is 2.38. The molecule has 1 aliphatic rings. The molecule has 0 spiro atoms. The van der Waals surface area contributed by atoms with Crippen molar-refractivity contribution in [3.8, 4) is 11.3 Å². The fourth-order valence-corrected chi connectivity index (χ4v) is 3.25. The number of amides is 1. The number of fused-ring (bicyclic) bond motifs is 1. The molecule has 3 rings (SSSR count). The van der Waals surface area contributed by atoms with E-state index in [0.29, 0.717) is 10.1 Å². The Morgan fingerprint density at radius 3 is 2.85 bits per heavy atom. The Morgan fingerprint density at radius 2 is 2.20 bits per heavy atom. The van der Waals surface area contributed by atoms with Crippen LogP contribution < -0.4 is 16.4 Å². The van der Waals surface area contributed by atoms with E-state index in [1.54, 1.807) is 6.92 Å². The molecule has 1 aromatic heterocycles. The molecule has 1 amide bonds. The molecule has 0 saturated carbocycles. The lowest BCUT2D eigenvalue weighted by Crippen LogP contribution is -2.33. The number of hydrogen-bond acceptors (Lipinski definition) is 5. The van der Waals surface area contributed by atoms with Crippen molar-refractivity contribution < 1.29 is 4.79 Å². The van der Waals surface area contributed by atoms with Crippen molar-refractivity contribution in [1.82, 2.24) is 4.98 Å². The van der Waals surface area contributed by atoms with Crippen LogP contribution in [0.5, 0.6) is 0 Å². The molecule has 0 atom stereocenters. The lowest BCUT2D eigenvalue weighted by molar-refractivity contribution is -0.116. The highest BCUT2D eigenvalue weighted by atomic mass is 32.1. The van der Waals surface area contributed by atoms with Crippen LogP contribution in [0.1, 0.15) is 18.9 Å². The molecule has 0 bridgehead atoms. The zero-order chi connectivity index (χ0) is 14.3. The van der Waals surface area contributed by atoms with Gasteiger partial charge in [0.05, 0.1) is 0 Å². The molecule has 0 saturated heterocycles. The number of carbonyl (C=O) groups excluding carboxylic acids is 1. The normalized spacial score (nSPS) is 14.2. The van der Waals surface area contributed by atoms with Crippen LogP contribution in [0, 0.1) is 0 Å². The van der Waals surface area contributed by atoms with E-state index in [0.717, 1.165) is 41.9 Å². The Morgan fingerprint density at radius 1 is 1.40 bits per heavy atom. The Kier molecular flexibility index (Phi) is 3.10. The largest absolute Gasteiger partial charge is 0.389 e. The number of benzene rings is 1. The fraction of sp³-hybridized carbons (Fsp3) is 0.286. The van der Waals surface area contributed by atoms with Gasteiger partial charge >= 0.3 is 0 Å². The maximum absolute atomic E-state index is 11.7. The van der Waals surface area contributed by atoms with Crippen molar-refractivity contribution in [2.45, 2.75) is 19.8 Å². The highest BCUT2D eigenvalue weighted by molar-refractivity contribution is 7.19. The molecular weight excluding hydrogens is 272 g/mol. The van der Waals surface area contributed by atoms with E-state index in [1.807, 2.05) is 17.0 Å². The highest BCUT2D eigenvalue weighted by Crippen LogP contribution is 2.36. The number of aryl methyl sites for hydroxylation is 1. The SMILES string of the molecule is CC(=O)N1CCCc2cc(-c3nc(N)sc3N)ccc21. The Labute approximate surface area is 121 Å². The standard InChI is InChI=1S/C14H16N4OS/c1-8(19)18-6-2-3-9-7-10(4-5-11(9)18)12-13(15)20-14(16)17-12/h4-5,7H,2-3,6,15H2,1H3,(H2,16,17). The molecule has 0 aliphatic carbocycles. The van der Waals surface area contributed by atoms with E-state index in [9.17, 15) is 4.79 Å². The first-order valence-corrected chi connectivity index (χ1v) is 7.31. The minimum absolute atomic E-state index is 0.0797. The second-order valence-corrected chi connectivity index (χ2v) is 5.94. The van der Waals surface area contributed by atoms with Crippen LogP contribution in [0.3, 0.4) is 0 Å². The van der Waals surface area contributed by atoms with Crippen molar-refractivity contribution in [3.63, 3.8) is 0 Å². The highest BCUT2D eigenvalue weighted by Gasteiger charge is 2.21. The molecule has 2 aromatic rings. The first-order chi connectivity index (χ1) is 9.56. The molecule has 1 aromatic carbocycles. The molecule has 0 fully saturated rings. The molecule has 5 nitrogen and oxygen atoms in total. The van der Waals surface area contributed by atoms with Gasteiger partial charge in [-0.2, -0.15) is 0 Å². The Bertz CT molecular complexity index is 680. The summed E-state index contributed by atoms with van der Waals surface area (Å²) in [7, 11) is 0. The lowest BCUT2D eigenvalue weighted by atomic mass is 9.98. The van der Waals surface area contributed by atoms with Gasteiger partial charge in [0.1, 0.15) is 10.7 Å². The summed E-state index contributed by atoms with van der Waals surface area (Å²) in [4.78, 5) is 17.7. The number of aromatic nitrogens is 1. The van der Waals surface area contributed by atoms with Gasteiger partial charge < -0.3 is 16.4 Å². The smallest absolute Gasteiger partial charge is 0.223 e. The number of nitrogens with zero attached hydrogens (tertiary/aromatic N) is 2. The van der Waals surface area contributed by atoms with Gasteiger partial charge in [-0.3, -0.25) is 4.79 Å². The van der Waals surface area contributed by atoms with E-state index >= 15 is 0 Å². The van der Waals surface area contributed by atoms with Gasteiger partial charge in [-0.1, -0.05) is 17.4 Å². The average molecular weight is 288 g/mol. The number of thiazole rings is 1. The molecular formula is C14H16N4OS. The summed E-state index contributed by atoms with van der Waals surface area (Å²) in [5.74, 6) is 0.0797. The maximum Gasteiger partial charge on any atom is 0.223 e. The topological polar surface area (TPSA) is 85.2 Å². The van der Waals surface area contributed by atoms with Crippen molar-refractivity contribution in [2.75, 3.05) is 22.9 Å². The van der Waals surface area contributed by atoms with E-state index < -0.39 is 0 Å². The van der Waals surface area contributed by atoms with E-state index in [-0.39, 0.29) is 5.91 Å². The monoisotopic (exact) mass is 288 g/mol. The first kappa shape index (κ1) is 12.9. The van der Waals surface area contributed by atoms with Crippen molar-refractivity contribution in [1.29, 1.82) is 0 Å². The van der Waals surface area contributed by atoms with Gasteiger partial charge in [0.25, 0.3) is 0 Å². The summed E-state index contributed by atoms with van der Waals surface area (Å²) < 4.78 is 0. The summed E-state index contributed by atoms with van der Waals surface area (Å²) in [5, 5.41) is 1.10. The quantitative estimate of drug-likeness (QED) is 0.843. The molecule has 0 unspecified atom stereocenters. The van der Waals surface area contributed by atoms with Crippen LogP contribution in [0.2, 0.25) is 0 Å². The first-order valence-electron chi connectivity index (χ1n) is 6.49. The van der Waals surface area contributed by atoms with Crippen LogP contribution in [-0.2, 0) is 11.2 Å². The third-order valence-corrected chi connectivity index (χ3v) is 4.24. The fourth-order valence-electron chi connectivity index (χ4n) is 2.63. The molecule has 20 heavy (non-hydrogen) atoms. The van der Waals surface area contributed by atoms with Gasteiger partial charge in [-0.05, 0) is 30.5 Å². The zero-order valence-corrected chi connectivity index (χ0v) is 12.0. The second-order valence-electron chi connectivity index (χ2n) is 4.88. The zero-order valence-electron chi connectivity index (χ0n) is 11.2. The van der Waals surface area contributed by atoms with Gasteiger partial charge in [-0.25, -0.2) is 4.98 Å². The molecule has 6 heteroatoms. The maximum atomic E-state index is 11.7. The van der Waals surface area contributed by atoms with Crippen molar-refractivity contribution in [3.05, 3.63) is 23.8 Å². The minimum atomic E-state index is 0.0797. The van der Waals surface area contributed by atoms with Crippen LogP contribution in [0.15, 0.2) is 18.2 Å².